The molecule has 1 aliphatic rings. The van der Waals surface area contributed by atoms with Gasteiger partial charge in [-0.1, -0.05) is 80.9 Å². The maximum atomic E-state index is 13.6. The summed E-state index contributed by atoms with van der Waals surface area (Å²) in [5, 5.41) is 5.65. The van der Waals surface area contributed by atoms with E-state index in [0.717, 1.165) is 16.0 Å². The molecule has 2 N–H and O–H groups in total. The molecule has 3 aromatic carbocycles. The molecule has 40 heavy (non-hydrogen) atoms. The molecule has 1 aliphatic heterocycles. The van der Waals surface area contributed by atoms with Crippen molar-refractivity contribution in [1.29, 1.82) is 0 Å². The second kappa shape index (κ2) is 14.8. The first-order valence-corrected chi connectivity index (χ1v) is 13.8. The number of aryl methyl sites for hydroxylation is 1. The van der Waals surface area contributed by atoms with Crippen LogP contribution in [0.3, 0.4) is 0 Å². The highest BCUT2D eigenvalue weighted by molar-refractivity contribution is 6.09. The van der Waals surface area contributed by atoms with E-state index in [-0.39, 0.29) is 0 Å². The number of nitrogens with zero attached hydrogens (tertiary/aromatic N) is 1. The number of benzene rings is 3. The summed E-state index contributed by atoms with van der Waals surface area (Å²) in [5.74, 6) is -0.731. The number of urea groups is 1. The highest BCUT2D eigenvalue weighted by Crippen LogP contribution is 2.31. The lowest BCUT2D eigenvalue weighted by molar-refractivity contribution is -0.134. The number of hydrogen-bond donors (Lipinski definition) is 2. The Balaban J connectivity index is 0.00000216. The summed E-state index contributed by atoms with van der Waals surface area (Å²) in [6.45, 7) is 11.2. The summed E-state index contributed by atoms with van der Waals surface area (Å²) in [6.07, 6.45) is 0. The van der Waals surface area contributed by atoms with Crippen molar-refractivity contribution in [2.45, 2.75) is 52.6 Å². The van der Waals surface area contributed by atoms with E-state index in [4.69, 9.17) is 9.47 Å². The quantitative estimate of drug-likeness (QED) is 0.233. The van der Waals surface area contributed by atoms with Crippen molar-refractivity contribution in [3.05, 3.63) is 95.6 Å². The van der Waals surface area contributed by atoms with E-state index in [1.165, 1.54) is 0 Å². The van der Waals surface area contributed by atoms with Crippen molar-refractivity contribution >= 4 is 23.5 Å². The highest BCUT2D eigenvalue weighted by atomic mass is 16.5. The topological polar surface area (TPSA) is 97.0 Å². The Hall–Kier alpha value is -4.17. The van der Waals surface area contributed by atoms with Crippen LogP contribution >= 0.6 is 0 Å². The fourth-order valence-corrected chi connectivity index (χ4v) is 4.46. The van der Waals surface area contributed by atoms with Crippen LogP contribution < -0.4 is 15.4 Å². The van der Waals surface area contributed by atoms with E-state index in [0.29, 0.717) is 36.8 Å². The lowest BCUT2D eigenvalue weighted by atomic mass is 9.91. The van der Waals surface area contributed by atoms with E-state index in [1.54, 1.807) is 36.4 Å². The first-order valence-electron chi connectivity index (χ1n) is 13.8. The van der Waals surface area contributed by atoms with Gasteiger partial charge in [0.2, 0.25) is 5.91 Å². The molecule has 4 rings (SSSR count). The molecule has 8 heteroatoms. The van der Waals surface area contributed by atoms with E-state index < -0.39 is 35.8 Å². The van der Waals surface area contributed by atoms with Crippen LogP contribution in [-0.4, -0.2) is 48.6 Å². The van der Waals surface area contributed by atoms with Gasteiger partial charge < -0.3 is 20.1 Å². The average Bonchev–Trinajstić information content (AvgIpc) is 3.27. The van der Waals surface area contributed by atoms with Crippen LogP contribution in [0.1, 0.15) is 56.3 Å². The number of imide groups is 1. The van der Waals surface area contributed by atoms with Gasteiger partial charge in [0.15, 0.2) is 0 Å². The monoisotopic (exact) mass is 545 g/mol. The van der Waals surface area contributed by atoms with Gasteiger partial charge in [-0.05, 0) is 49.2 Å². The molecule has 3 atom stereocenters. The zero-order valence-electron chi connectivity index (χ0n) is 23.8. The molecule has 0 radical (unpaired) electrons. The SMILES string of the molecule is CC.CCOCCOc1ccc([C@H]2NC(=O)N(C(C(=O)Nc3ccc(C)cc3)C(C)c3ccccc3)C2=O)cc1. The molecule has 212 valence electrons. The van der Waals surface area contributed by atoms with Gasteiger partial charge in [-0.3, -0.25) is 9.59 Å². The fourth-order valence-electron chi connectivity index (χ4n) is 4.46. The van der Waals surface area contributed by atoms with Crippen molar-refractivity contribution in [3.63, 3.8) is 0 Å². The van der Waals surface area contributed by atoms with Crippen LogP contribution in [0.25, 0.3) is 0 Å². The normalized spacial score (nSPS) is 15.9. The highest BCUT2D eigenvalue weighted by Gasteiger charge is 2.47. The van der Waals surface area contributed by atoms with Crippen molar-refractivity contribution < 1.29 is 23.9 Å². The Labute approximate surface area is 236 Å². The molecule has 0 spiro atoms. The Bertz CT molecular complexity index is 1250. The Morgan fingerprint density at radius 1 is 0.950 bits per heavy atom. The zero-order chi connectivity index (χ0) is 29.1. The number of carbonyl (C=O) groups is 3. The number of carbonyl (C=O) groups excluding carboxylic acids is 3. The summed E-state index contributed by atoms with van der Waals surface area (Å²) in [7, 11) is 0. The van der Waals surface area contributed by atoms with E-state index in [1.807, 2.05) is 77.1 Å². The Morgan fingerprint density at radius 3 is 2.23 bits per heavy atom. The molecule has 0 bridgehead atoms. The summed E-state index contributed by atoms with van der Waals surface area (Å²) < 4.78 is 10.9. The number of nitrogens with one attached hydrogen (secondary N) is 2. The molecule has 8 nitrogen and oxygen atoms in total. The number of anilines is 1. The van der Waals surface area contributed by atoms with Crippen LogP contribution in [0, 0.1) is 6.92 Å². The van der Waals surface area contributed by atoms with Crippen molar-refractivity contribution in [2.24, 2.45) is 0 Å². The molecule has 2 unspecified atom stereocenters. The maximum Gasteiger partial charge on any atom is 0.325 e. The number of ether oxygens (including phenoxy) is 2. The molecule has 0 aliphatic carbocycles. The maximum absolute atomic E-state index is 13.6. The minimum Gasteiger partial charge on any atom is -0.491 e. The van der Waals surface area contributed by atoms with Crippen LogP contribution in [-0.2, 0) is 14.3 Å². The second-order valence-corrected chi connectivity index (χ2v) is 9.20. The zero-order valence-corrected chi connectivity index (χ0v) is 23.8. The minimum atomic E-state index is -1.06. The lowest BCUT2D eigenvalue weighted by Crippen LogP contribution is -2.50. The number of rotatable bonds is 11. The largest absolute Gasteiger partial charge is 0.491 e. The Kier molecular flexibility index (Phi) is 11.3. The van der Waals surface area contributed by atoms with Crippen molar-refractivity contribution in [2.75, 3.05) is 25.1 Å². The average molecular weight is 546 g/mol. The molecule has 0 saturated carbocycles. The van der Waals surface area contributed by atoms with Gasteiger partial charge in [0.05, 0.1) is 6.61 Å². The first-order chi connectivity index (χ1) is 19.4. The van der Waals surface area contributed by atoms with Gasteiger partial charge in [-0.15, -0.1) is 0 Å². The van der Waals surface area contributed by atoms with Crippen molar-refractivity contribution in [3.8, 4) is 5.75 Å². The number of amides is 4. The predicted octanol–water partition coefficient (Wildman–Crippen LogP) is 5.84. The molecular weight excluding hydrogens is 506 g/mol. The molecular formula is C32H39N3O5. The van der Waals surface area contributed by atoms with Gasteiger partial charge in [-0.25, -0.2) is 9.69 Å². The van der Waals surface area contributed by atoms with Crippen molar-refractivity contribution in [1.82, 2.24) is 10.2 Å². The second-order valence-electron chi connectivity index (χ2n) is 9.20. The molecule has 1 fully saturated rings. The smallest absolute Gasteiger partial charge is 0.325 e. The Morgan fingerprint density at radius 2 is 1.60 bits per heavy atom. The summed E-state index contributed by atoms with van der Waals surface area (Å²) in [4.78, 5) is 41.5. The third-order valence-corrected chi connectivity index (χ3v) is 6.55. The fraction of sp³-hybridized carbons (Fsp3) is 0.344. The van der Waals surface area contributed by atoms with Gasteiger partial charge in [0, 0.05) is 18.2 Å². The van der Waals surface area contributed by atoms with Gasteiger partial charge in [0.1, 0.15) is 24.4 Å². The first kappa shape index (κ1) is 30.4. The summed E-state index contributed by atoms with van der Waals surface area (Å²) >= 11 is 0. The standard InChI is InChI=1S/C30H33N3O5.C2H6/c1-4-37-18-19-38-25-16-12-23(13-17-25)26-29(35)33(30(36)32-26)27(21(3)22-8-6-5-7-9-22)28(34)31-24-14-10-20(2)11-15-24;1-2/h5-17,21,26-27H,4,18-19H2,1-3H3,(H,31,34)(H,32,36);1-2H3/t21?,26-,27?;/m1./s1. The van der Waals surface area contributed by atoms with E-state index >= 15 is 0 Å². The van der Waals surface area contributed by atoms with Gasteiger partial charge >= 0.3 is 6.03 Å². The third kappa shape index (κ3) is 7.48. The lowest BCUT2D eigenvalue weighted by Gasteiger charge is -2.30. The van der Waals surface area contributed by atoms with Crippen LogP contribution in [0.2, 0.25) is 0 Å². The van der Waals surface area contributed by atoms with Crippen LogP contribution in [0.15, 0.2) is 78.9 Å². The van der Waals surface area contributed by atoms with E-state index in [2.05, 4.69) is 10.6 Å². The van der Waals surface area contributed by atoms with Gasteiger partial charge in [0.25, 0.3) is 5.91 Å². The van der Waals surface area contributed by atoms with Crippen LogP contribution in [0.5, 0.6) is 5.75 Å². The predicted molar refractivity (Wildman–Crippen MR) is 156 cm³/mol. The molecule has 1 heterocycles. The molecule has 3 aromatic rings. The summed E-state index contributed by atoms with van der Waals surface area (Å²) in [5.41, 5.74) is 3.09. The van der Waals surface area contributed by atoms with Crippen LogP contribution in [0.4, 0.5) is 10.5 Å². The molecule has 0 aromatic heterocycles. The summed E-state index contributed by atoms with van der Waals surface area (Å²) in [6, 6.07) is 21.2. The van der Waals surface area contributed by atoms with E-state index in [9.17, 15) is 14.4 Å². The third-order valence-electron chi connectivity index (χ3n) is 6.55. The minimum absolute atomic E-state index is 0.412. The molecule has 1 saturated heterocycles. The number of hydrogen-bond acceptors (Lipinski definition) is 5. The van der Waals surface area contributed by atoms with Gasteiger partial charge in [-0.2, -0.15) is 0 Å². The molecule has 4 amide bonds.